The van der Waals surface area contributed by atoms with Crippen LogP contribution in [0, 0.1) is 19.8 Å². The van der Waals surface area contributed by atoms with E-state index in [1.54, 1.807) is 18.2 Å². The molecule has 0 saturated heterocycles. The molecule has 1 saturated carbocycles. The lowest BCUT2D eigenvalue weighted by atomic mass is 10.1. The van der Waals surface area contributed by atoms with Crippen LogP contribution >= 0.6 is 15.9 Å². The van der Waals surface area contributed by atoms with Crippen molar-refractivity contribution in [3.63, 3.8) is 0 Å². The number of aryl methyl sites for hydroxylation is 1. The Morgan fingerprint density at radius 3 is 2.84 bits per heavy atom. The van der Waals surface area contributed by atoms with Gasteiger partial charge >= 0.3 is 0 Å². The van der Waals surface area contributed by atoms with Gasteiger partial charge in [-0.2, -0.15) is 0 Å². The number of hydrogen-bond donors (Lipinski definition) is 0. The van der Waals surface area contributed by atoms with Gasteiger partial charge < -0.3 is 9.64 Å². The van der Waals surface area contributed by atoms with Gasteiger partial charge in [-0.05, 0) is 43.9 Å². The summed E-state index contributed by atoms with van der Waals surface area (Å²) in [5, 5.41) is 0. The van der Waals surface area contributed by atoms with E-state index in [-0.39, 0.29) is 11.8 Å². The largest absolute Gasteiger partial charge is 0.496 e. The number of amides is 1. The molecule has 1 aromatic heterocycles. The molecule has 2 atom stereocenters. The normalized spacial score (nSPS) is 18.8. The summed E-state index contributed by atoms with van der Waals surface area (Å²) in [6.07, 6.45) is 2.73. The maximum Gasteiger partial charge on any atom is 0.226 e. The number of ether oxygens (including phenoxy) is 1. The summed E-state index contributed by atoms with van der Waals surface area (Å²) >= 11 is 3.50. The standard InChI is InChI=1S/C20H23BrN2O2/c1-12-10-22-18(13(2)19(12)25-4)11-23(3)20(24)17-9-16(17)14-6-5-7-15(21)8-14/h5-8,10,16-17H,9,11H2,1-4H3/t16-,17-/m0/s1. The van der Waals surface area contributed by atoms with Crippen LogP contribution in [0.3, 0.4) is 0 Å². The summed E-state index contributed by atoms with van der Waals surface area (Å²) in [7, 11) is 3.52. The molecule has 0 unspecified atom stereocenters. The number of nitrogens with zero attached hydrogens (tertiary/aromatic N) is 2. The predicted octanol–water partition coefficient (Wildman–Crippen LogP) is 4.23. The highest BCUT2D eigenvalue weighted by Gasteiger charge is 2.45. The van der Waals surface area contributed by atoms with Gasteiger partial charge in [-0.15, -0.1) is 0 Å². The van der Waals surface area contributed by atoms with Crippen LogP contribution in [0.25, 0.3) is 0 Å². The maximum atomic E-state index is 12.8. The Kier molecular flexibility index (Phi) is 5.13. The van der Waals surface area contributed by atoms with Crippen LogP contribution in [-0.2, 0) is 11.3 Å². The molecule has 0 bridgehead atoms. The Hall–Kier alpha value is -1.88. The second-order valence-electron chi connectivity index (χ2n) is 6.74. The van der Waals surface area contributed by atoms with E-state index in [0.717, 1.165) is 33.5 Å². The average Bonchev–Trinajstić information content (AvgIpc) is 3.38. The number of carbonyl (C=O) groups excluding carboxylic acids is 1. The first-order chi connectivity index (χ1) is 11.9. The van der Waals surface area contributed by atoms with Gasteiger partial charge in [-0.25, -0.2) is 0 Å². The number of hydrogen-bond acceptors (Lipinski definition) is 3. The highest BCUT2D eigenvalue weighted by molar-refractivity contribution is 9.10. The molecule has 3 rings (SSSR count). The predicted molar refractivity (Wildman–Crippen MR) is 102 cm³/mol. The monoisotopic (exact) mass is 402 g/mol. The van der Waals surface area contributed by atoms with Crippen LogP contribution in [0.1, 0.15) is 34.7 Å². The van der Waals surface area contributed by atoms with Crippen LogP contribution in [0.15, 0.2) is 34.9 Å². The van der Waals surface area contributed by atoms with E-state index in [1.807, 2.05) is 33.0 Å². The molecule has 0 spiro atoms. The molecule has 1 aliphatic rings. The minimum Gasteiger partial charge on any atom is -0.496 e. The number of rotatable bonds is 5. The first-order valence-electron chi connectivity index (χ1n) is 8.42. The zero-order chi connectivity index (χ0) is 18.1. The van der Waals surface area contributed by atoms with Gasteiger partial charge in [0.2, 0.25) is 5.91 Å². The van der Waals surface area contributed by atoms with Crippen molar-refractivity contribution in [1.29, 1.82) is 0 Å². The Balaban J connectivity index is 1.68. The fourth-order valence-electron chi connectivity index (χ4n) is 3.39. The molecule has 2 aromatic rings. The zero-order valence-corrected chi connectivity index (χ0v) is 16.6. The minimum atomic E-state index is 0.0759. The summed E-state index contributed by atoms with van der Waals surface area (Å²) in [5.74, 6) is 1.44. The second kappa shape index (κ2) is 7.16. The molecular weight excluding hydrogens is 380 g/mol. The topological polar surface area (TPSA) is 42.4 Å². The van der Waals surface area contributed by atoms with Crippen LogP contribution in [0.4, 0.5) is 0 Å². The van der Waals surface area contributed by atoms with Gasteiger partial charge in [-0.3, -0.25) is 9.78 Å². The van der Waals surface area contributed by atoms with E-state index < -0.39 is 0 Å². The van der Waals surface area contributed by atoms with Gasteiger partial charge in [0.05, 0.1) is 19.3 Å². The van der Waals surface area contributed by atoms with E-state index in [0.29, 0.717) is 12.5 Å². The number of carbonyl (C=O) groups is 1. The summed E-state index contributed by atoms with van der Waals surface area (Å²) in [5.41, 5.74) is 4.13. The molecule has 4 nitrogen and oxygen atoms in total. The smallest absolute Gasteiger partial charge is 0.226 e. The lowest BCUT2D eigenvalue weighted by Gasteiger charge is -2.19. The fourth-order valence-corrected chi connectivity index (χ4v) is 3.81. The van der Waals surface area contributed by atoms with Crippen molar-refractivity contribution in [2.24, 2.45) is 5.92 Å². The average molecular weight is 403 g/mol. The maximum absolute atomic E-state index is 12.8. The number of methoxy groups -OCH3 is 1. The molecule has 0 aliphatic heterocycles. The van der Waals surface area contributed by atoms with Crippen molar-refractivity contribution in [2.75, 3.05) is 14.2 Å². The van der Waals surface area contributed by atoms with Crippen molar-refractivity contribution in [3.05, 3.63) is 57.3 Å². The van der Waals surface area contributed by atoms with Crippen molar-refractivity contribution in [3.8, 4) is 5.75 Å². The van der Waals surface area contributed by atoms with E-state index in [4.69, 9.17) is 4.74 Å². The third-order valence-electron chi connectivity index (χ3n) is 4.90. The quantitative estimate of drug-likeness (QED) is 0.751. The molecule has 132 valence electrons. The summed E-state index contributed by atoms with van der Waals surface area (Å²) in [6, 6.07) is 8.23. The molecule has 1 heterocycles. The highest BCUT2D eigenvalue weighted by atomic mass is 79.9. The van der Waals surface area contributed by atoms with E-state index >= 15 is 0 Å². The van der Waals surface area contributed by atoms with Gasteiger partial charge in [0.1, 0.15) is 5.75 Å². The molecule has 0 N–H and O–H groups in total. The highest BCUT2D eigenvalue weighted by Crippen LogP contribution is 2.48. The van der Waals surface area contributed by atoms with Gasteiger partial charge in [-0.1, -0.05) is 28.1 Å². The molecule has 1 amide bonds. The first kappa shape index (κ1) is 17.9. The van der Waals surface area contributed by atoms with Gasteiger partial charge in [0, 0.05) is 34.8 Å². The van der Waals surface area contributed by atoms with E-state index in [1.165, 1.54) is 5.56 Å². The van der Waals surface area contributed by atoms with Gasteiger partial charge in [0.25, 0.3) is 0 Å². The SMILES string of the molecule is COc1c(C)cnc(CN(C)C(=O)[C@H]2C[C@H]2c2cccc(Br)c2)c1C. The minimum absolute atomic E-state index is 0.0759. The summed E-state index contributed by atoms with van der Waals surface area (Å²) in [6.45, 7) is 4.47. The lowest BCUT2D eigenvalue weighted by Crippen LogP contribution is -2.28. The molecule has 25 heavy (non-hydrogen) atoms. The van der Waals surface area contributed by atoms with Crippen LogP contribution < -0.4 is 4.74 Å². The molecular formula is C20H23BrN2O2. The number of halogens is 1. The third kappa shape index (κ3) is 3.71. The van der Waals surface area contributed by atoms with Crippen LogP contribution in [-0.4, -0.2) is 29.9 Å². The lowest BCUT2D eigenvalue weighted by molar-refractivity contribution is -0.131. The third-order valence-corrected chi connectivity index (χ3v) is 5.39. The van der Waals surface area contributed by atoms with Crippen LogP contribution in [0.2, 0.25) is 0 Å². The molecule has 1 aromatic carbocycles. The number of aromatic nitrogens is 1. The Bertz CT molecular complexity index is 806. The van der Waals surface area contributed by atoms with Crippen molar-refractivity contribution < 1.29 is 9.53 Å². The Labute approximate surface area is 157 Å². The molecule has 0 radical (unpaired) electrons. The van der Waals surface area contributed by atoms with Crippen molar-refractivity contribution >= 4 is 21.8 Å². The Morgan fingerprint density at radius 1 is 1.40 bits per heavy atom. The second-order valence-corrected chi connectivity index (χ2v) is 7.66. The Morgan fingerprint density at radius 2 is 2.16 bits per heavy atom. The number of benzene rings is 1. The van der Waals surface area contributed by atoms with Gasteiger partial charge in [0.15, 0.2) is 0 Å². The van der Waals surface area contributed by atoms with Crippen LogP contribution in [0.5, 0.6) is 5.75 Å². The van der Waals surface area contributed by atoms with E-state index in [9.17, 15) is 4.79 Å². The first-order valence-corrected chi connectivity index (χ1v) is 9.21. The molecule has 1 aliphatic carbocycles. The summed E-state index contributed by atoms with van der Waals surface area (Å²) in [4.78, 5) is 19.0. The number of pyridine rings is 1. The molecule has 1 fully saturated rings. The summed E-state index contributed by atoms with van der Waals surface area (Å²) < 4.78 is 6.51. The fraction of sp³-hybridized carbons (Fsp3) is 0.400. The van der Waals surface area contributed by atoms with Crippen molar-refractivity contribution in [2.45, 2.75) is 32.7 Å². The van der Waals surface area contributed by atoms with E-state index in [2.05, 4.69) is 33.0 Å². The zero-order valence-electron chi connectivity index (χ0n) is 15.0. The molecule has 5 heteroatoms. The van der Waals surface area contributed by atoms with Crippen molar-refractivity contribution in [1.82, 2.24) is 9.88 Å².